The highest BCUT2D eigenvalue weighted by Crippen LogP contribution is 2.20. The summed E-state index contributed by atoms with van der Waals surface area (Å²) in [6, 6.07) is 9.48. The first-order chi connectivity index (χ1) is 9.25. The van der Waals surface area contributed by atoms with Crippen LogP contribution in [0.2, 0.25) is 0 Å². The lowest BCUT2D eigenvalue weighted by Gasteiger charge is -2.08. The summed E-state index contributed by atoms with van der Waals surface area (Å²) in [4.78, 5) is 10.5. The number of carbonyl (C=O) groups is 1. The summed E-state index contributed by atoms with van der Waals surface area (Å²) in [5.74, 6) is -0.261. The number of aliphatic carboxylic acids is 1. The van der Waals surface area contributed by atoms with Crippen molar-refractivity contribution in [1.29, 1.82) is 0 Å². The SMILES string of the molecule is O=C(O)C=Cc1ccccc1OCCc1ccsc1. The van der Waals surface area contributed by atoms with Gasteiger partial charge in [0.2, 0.25) is 0 Å². The maximum atomic E-state index is 10.5. The van der Waals surface area contributed by atoms with E-state index in [4.69, 9.17) is 9.84 Å². The first-order valence-electron chi connectivity index (χ1n) is 5.89. The molecule has 1 N–H and O–H groups in total. The summed E-state index contributed by atoms with van der Waals surface area (Å²) in [6.45, 7) is 0.578. The molecule has 1 aromatic carbocycles. The van der Waals surface area contributed by atoms with Crippen molar-refractivity contribution in [2.24, 2.45) is 0 Å². The number of thiophene rings is 1. The van der Waals surface area contributed by atoms with E-state index in [1.54, 1.807) is 17.4 Å². The minimum absolute atomic E-state index is 0.578. The number of ether oxygens (including phenoxy) is 1. The van der Waals surface area contributed by atoms with E-state index in [9.17, 15) is 4.79 Å². The number of hydrogen-bond acceptors (Lipinski definition) is 3. The van der Waals surface area contributed by atoms with Crippen LogP contribution in [-0.2, 0) is 11.2 Å². The van der Waals surface area contributed by atoms with E-state index in [0.717, 1.165) is 18.1 Å². The van der Waals surface area contributed by atoms with Gasteiger partial charge in [-0.3, -0.25) is 0 Å². The van der Waals surface area contributed by atoms with Crippen LogP contribution in [0.25, 0.3) is 6.08 Å². The molecule has 0 atom stereocenters. The first-order valence-corrected chi connectivity index (χ1v) is 6.84. The average Bonchev–Trinajstić information content (AvgIpc) is 2.91. The number of para-hydroxylation sites is 1. The molecule has 1 heterocycles. The Balaban J connectivity index is 1.97. The van der Waals surface area contributed by atoms with Gasteiger partial charge in [-0.1, -0.05) is 18.2 Å². The monoisotopic (exact) mass is 274 g/mol. The predicted octanol–water partition coefficient (Wildman–Crippen LogP) is 3.47. The van der Waals surface area contributed by atoms with E-state index < -0.39 is 5.97 Å². The fourth-order valence-corrected chi connectivity index (χ4v) is 2.33. The molecule has 19 heavy (non-hydrogen) atoms. The van der Waals surface area contributed by atoms with Crippen molar-refractivity contribution in [3.8, 4) is 5.75 Å². The smallest absolute Gasteiger partial charge is 0.328 e. The van der Waals surface area contributed by atoms with Gasteiger partial charge in [-0.25, -0.2) is 4.79 Å². The van der Waals surface area contributed by atoms with Crippen molar-refractivity contribution >= 4 is 23.4 Å². The molecule has 4 heteroatoms. The maximum Gasteiger partial charge on any atom is 0.328 e. The maximum absolute atomic E-state index is 10.5. The van der Waals surface area contributed by atoms with E-state index in [0.29, 0.717) is 12.4 Å². The highest BCUT2D eigenvalue weighted by atomic mass is 32.1. The van der Waals surface area contributed by atoms with Crippen LogP contribution in [0.15, 0.2) is 47.2 Å². The van der Waals surface area contributed by atoms with Gasteiger partial charge in [-0.2, -0.15) is 11.3 Å². The summed E-state index contributed by atoms with van der Waals surface area (Å²) in [6.07, 6.45) is 3.50. The zero-order chi connectivity index (χ0) is 13.5. The lowest BCUT2D eigenvalue weighted by atomic mass is 10.2. The summed E-state index contributed by atoms with van der Waals surface area (Å²) in [7, 11) is 0. The van der Waals surface area contributed by atoms with E-state index in [1.807, 2.05) is 29.6 Å². The van der Waals surface area contributed by atoms with Gasteiger partial charge in [-0.05, 0) is 34.5 Å². The lowest BCUT2D eigenvalue weighted by molar-refractivity contribution is -0.131. The quantitative estimate of drug-likeness (QED) is 0.820. The Kier molecular flexibility index (Phi) is 4.75. The molecule has 0 radical (unpaired) electrons. The third-order valence-electron chi connectivity index (χ3n) is 2.55. The van der Waals surface area contributed by atoms with Gasteiger partial charge in [0.1, 0.15) is 5.75 Å². The zero-order valence-electron chi connectivity index (χ0n) is 10.3. The highest BCUT2D eigenvalue weighted by Gasteiger charge is 2.01. The molecule has 0 spiro atoms. The minimum Gasteiger partial charge on any atom is -0.493 e. The second kappa shape index (κ2) is 6.75. The fraction of sp³-hybridized carbons (Fsp3) is 0.133. The van der Waals surface area contributed by atoms with E-state index in [1.165, 1.54) is 5.56 Å². The third-order valence-corrected chi connectivity index (χ3v) is 3.28. The van der Waals surface area contributed by atoms with Crippen LogP contribution in [0.1, 0.15) is 11.1 Å². The van der Waals surface area contributed by atoms with E-state index in [2.05, 4.69) is 11.4 Å². The molecule has 2 aromatic rings. The van der Waals surface area contributed by atoms with Gasteiger partial charge in [0.05, 0.1) is 6.61 Å². The predicted molar refractivity (Wildman–Crippen MR) is 76.6 cm³/mol. The van der Waals surface area contributed by atoms with Crippen molar-refractivity contribution < 1.29 is 14.6 Å². The van der Waals surface area contributed by atoms with Gasteiger partial charge in [0.25, 0.3) is 0 Å². The van der Waals surface area contributed by atoms with Gasteiger partial charge in [0.15, 0.2) is 0 Å². The third kappa shape index (κ3) is 4.26. The second-order valence-corrected chi connectivity index (χ2v) is 4.72. The van der Waals surface area contributed by atoms with Crippen molar-refractivity contribution in [3.05, 3.63) is 58.3 Å². The number of carboxylic acid groups (broad SMARTS) is 1. The fourth-order valence-electron chi connectivity index (χ4n) is 1.62. The summed E-state index contributed by atoms with van der Waals surface area (Å²) in [5.41, 5.74) is 2.03. The van der Waals surface area contributed by atoms with Crippen molar-refractivity contribution in [2.45, 2.75) is 6.42 Å². The zero-order valence-corrected chi connectivity index (χ0v) is 11.1. The Labute approximate surface area is 115 Å². The summed E-state index contributed by atoms with van der Waals surface area (Å²) >= 11 is 1.67. The molecule has 98 valence electrons. The minimum atomic E-state index is -0.965. The van der Waals surface area contributed by atoms with E-state index >= 15 is 0 Å². The standard InChI is InChI=1S/C15H14O3S/c16-15(17)6-5-13-3-1-2-4-14(13)18-9-7-12-8-10-19-11-12/h1-6,8,10-11H,7,9H2,(H,16,17). The molecular weight excluding hydrogens is 260 g/mol. The summed E-state index contributed by atoms with van der Waals surface area (Å²) < 4.78 is 5.70. The molecule has 0 aliphatic heterocycles. The number of benzene rings is 1. The average molecular weight is 274 g/mol. The Bertz CT molecular complexity index is 559. The molecule has 1 aromatic heterocycles. The molecule has 0 saturated heterocycles. The first kappa shape index (κ1) is 13.4. The molecule has 0 saturated carbocycles. The van der Waals surface area contributed by atoms with Gasteiger partial charge in [-0.15, -0.1) is 0 Å². The Hall–Kier alpha value is -2.07. The Morgan fingerprint density at radius 3 is 2.89 bits per heavy atom. The summed E-state index contributed by atoms with van der Waals surface area (Å²) in [5, 5.41) is 12.8. The Morgan fingerprint density at radius 2 is 2.16 bits per heavy atom. The van der Waals surface area contributed by atoms with Gasteiger partial charge in [0, 0.05) is 18.1 Å². The molecule has 2 rings (SSSR count). The number of carboxylic acids is 1. The van der Waals surface area contributed by atoms with Crippen LogP contribution >= 0.6 is 11.3 Å². The molecule has 0 aliphatic rings. The van der Waals surface area contributed by atoms with Crippen LogP contribution in [0.3, 0.4) is 0 Å². The van der Waals surface area contributed by atoms with Crippen molar-refractivity contribution in [2.75, 3.05) is 6.61 Å². The molecule has 3 nitrogen and oxygen atoms in total. The molecule has 0 bridgehead atoms. The Morgan fingerprint density at radius 1 is 1.32 bits per heavy atom. The van der Waals surface area contributed by atoms with Crippen LogP contribution in [0.5, 0.6) is 5.75 Å². The van der Waals surface area contributed by atoms with Crippen molar-refractivity contribution in [3.63, 3.8) is 0 Å². The molecule has 0 aliphatic carbocycles. The van der Waals surface area contributed by atoms with E-state index in [-0.39, 0.29) is 0 Å². The topological polar surface area (TPSA) is 46.5 Å². The number of hydrogen-bond donors (Lipinski definition) is 1. The van der Waals surface area contributed by atoms with Crippen LogP contribution in [-0.4, -0.2) is 17.7 Å². The second-order valence-electron chi connectivity index (χ2n) is 3.94. The van der Waals surface area contributed by atoms with Gasteiger partial charge < -0.3 is 9.84 Å². The molecule has 0 amide bonds. The lowest BCUT2D eigenvalue weighted by Crippen LogP contribution is -2.01. The number of rotatable bonds is 6. The molecule has 0 fully saturated rings. The largest absolute Gasteiger partial charge is 0.493 e. The van der Waals surface area contributed by atoms with Crippen LogP contribution in [0, 0.1) is 0 Å². The van der Waals surface area contributed by atoms with Gasteiger partial charge >= 0.3 is 5.97 Å². The molecule has 0 unspecified atom stereocenters. The normalized spacial score (nSPS) is 10.7. The highest BCUT2D eigenvalue weighted by molar-refractivity contribution is 7.07. The molecular formula is C15H14O3S. The van der Waals surface area contributed by atoms with Crippen LogP contribution < -0.4 is 4.74 Å². The van der Waals surface area contributed by atoms with Crippen LogP contribution in [0.4, 0.5) is 0 Å². The van der Waals surface area contributed by atoms with Crippen molar-refractivity contribution in [1.82, 2.24) is 0 Å².